The minimum Gasteiger partial charge on any atom is -0.303 e. The van der Waals surface area contributed by atoms with Gasteiger partial charge in [0.2, 0.25) is 0 Å². The van der Waals surface area contributed by atoms with Gasteiger partial charge in [0.1, 0.15) is 0 Å². The number of rotatable bonds is 4. The topological polar surface area (TPSA) is 6.48 Å². The first-order valence-electron chi connectivity index (χ1n) is 8.00. The van der Waals surface area contributed by atoms with E-state index in [-0.39, 0.29) is 0 Å². The van der Waals surface area contributed by atoms with Gasteiger partial charge in [-0.3, -0.25) is 4.90 Å². The number of hydrogen-bond acceptors (Lipinski definition) is 3. The molecule has 1 aromatic carbocycles. The Kier molecular flexibility index (Phi) is 5.75. The second-order valence-corrected chi connectivity index (χ2v) is 7.79. The highest BCUT2D eigenvalue weighted by atomic mass is 32.1. The van der Waals surface area contributed by atoms with E-state index < -0.39 is 0 Å². The Labute approximate surface area is 135 Å². The van der Waals surface area contributed by atoms with Crippen LogP contribution >= 0.6 is 12.6 Å². The molecular weight excluding hydrogens is 276 g/mol. The standard InChI is InChI=1S/C18H30N2S/c1-18(2,3)16(14-21)12-20-11-10-19(4)13-17(20)15-8-6-5-7-9-15/h5-9,16-17,21H,10-14H2,1-4H3. The molecule has 0 spiro atoms. The largest absolute Gasteiger partial charge is 0.303 e. The van der Waals surface area contributed by atoms with Crippen LogP contribution in [0.5, 0.6) is 0 Å². The molecule has 1 saturated heterocycles. The van der Waals surface area contributed by atoms with Crippen LogP contribution in [0.4, 0.5) is 0 Å². The van der Waals surface area contributed by atoms with E-state index in [1.165, 1.54) is 5.56 Å². The summed E-state index contributed by atoms with van der Waals surface area (Å²) in [6, 6.07) is 11.5. The maximum atomic E-state index is 4.61. The average Bonchev–Trinajstić information content (AvgIpc) is 2.45. The lowest BCUT2D eigenvalue weighted by Crippen LogP contribution is -2.49. The summed E-state index contributed by atoms with van der Waals surface area (Å²) in [6.45, 7) is 11.6. The average molecular weight is 307 g/mol. The van der Waals surface area contributed by atoms with Gasteiger partial charge in [0.05, 0.1) is 0 Å². The molecule has 1 fully saturated rings. The number of nitrogens with zero attached hydrogens (tertiary/aromatic N) is 2. The summed E-state index contributed by atoms with van der Waals surface area (Å²) in [5, 5.41) is 0. The normalized spacial score (nSPS) is 23.2. The van der Waals surface area contributed by atoms with Crippen LogP contribution in [-0.4, -0.2) is 48.8 Å². The highest BCUT2D eigenvalue weighted by Crippen LogP contribution is 2.32. The summed E-state index contributed by atoms with van der Waals surface area (Å²) < 4.78 is 0. The van der Waals surface area contributed by atoms with Gasteiger partial charge in [-0.05, 0) is 29.7 Å². The SMILES string of the molecule is CN1CCN(CC(CS)C(C)(C)C)C(c2ccccc2)C1. The van der Waals surface area contributed by atoms with Gasteiger partial charge < -0.3 is 4.90 Å². The number of benzene rings is 1. The first-order valence-corrected chi connectivity index (χ1v) is 8.63. The molecule has 0 saturated carbocycles. The Bertz CT molecular complexity index is 427. The summed E-state index contributed by atoms with van der Waals surface area (Å²) in [4.78, 5) is 5.11. The number of likely N-dealkylation sites (N-methyl/N-ethyl adjacent to an activating group) is 1. The van der Waals surface area contributed by atoms with E-state index in [1.54, 1.807) is 0 Å². The van der Waals surface area contributed by atoms with Crippen molar-refractivity contribution in [3.63, 3.8) is 0 Å². The lowest BCUT2D eigenvalue weighted by atomic mass is 9.81. The van der Waals surface area contributed by atoms with Crippen molar-refractivity contribution in [2.45, 2.75) is 26.8 Å². The number of hydrogen-bond donors (Lipinski definition) is 1. The molecule has 3 heteroatoms. The molecule has 0 aromatic heterocycles. The molecular formula is C18H30N2S. The van der Waals surface area contributed by atoms with Gasteiger partial charge in [0.25, 0.3) is 0 Å². The zero-order valence-electron chi connectivity index (χ0n) is 13.9. The van der Waals surface area contributed by atoms with Crippen molar-refractivity contribution in [3.05, 3.63) is 35.9 Å². The summed E-state index contributed by atoms with van der Waals surface area (Å²) in [7, 11) is 2.23. The van der Waals surface area contributed by atoms with Crippen molar-refractivity contribution < 1.29 is 0 Å². The molecule has 1 heterocycles. The number of thiol groups is 1. The molecule has 1 aliphatic rings. The molecule has 0 amide bonds. The lowest BCUT2D eigenvalue weighted by molar-refractivity contribution is 0.0586. The smallest absolute Gasteiger partial charge is 0.0475 e. The van der Waals surface area contributed by atoms with Gasteiger partial charge in [-0.1, -0.05) is 51.1 Å². The van der Waals surface area contributed by atoms with E-state index >= 15 is 0 Å². The third-order valence-corrected chi connectivity index (χ3v) is 5.22. The Morgan fingerprint density at radius 1 is 1.19 bits per heavy atom. The third-order valence-electron chi connectivity index (χ3n) is 4.78. The van der Waals surface area contributed by atoms with Gasteiger partial charge in [-0.15, -0.1) is 0 Å². The van der Waals surface area contributed by atoms with Crippen molar-refractivity contribution in [1.82, 2.24) is 9.80 Å². The molecule has 0 bridgehead atoms. The van der Waals surface area contributed by atoms with Gasteiger partial charge in [0.15, 0.2) is 0 Å². The molecule has 1 aromatic rings. The molecule has 21 heavy (non-hydrogen) atoms. The Balaban J connectivity index is 2.15. The van der Waals surface area contributed by atoms with Gasteiger partial charge in [-0.25, -0.2) is 0 Å². The Morgan fingerprint density at radius 3 is 2.43 bits per heavy atom. The molecule has 0 N–H and O–H groups in total. The fraction of sp³-hybridized carbons (Fsp3) is 0.667. The van der Waals surface area contributed by atoms with Gasteiger partial charge in [-0.2, -0.15) is 12.6 Å². The maximum absolute atomic E-state index is 4.61. The van der Waals surface area contributed by atoms with Gasteiger partial charge >= 0.3 is 0 Å². The van der Waals surface area contributed by atoms with Crippen LogP contribution in [0.2, 0.25) is 0 Å². The molecule has 118 valence electrons. The van der Waals surface area contributed by atoms with Crippen molar-refractivity contribution >= 4 is 12.6 Å². The Morgan fingerprint density at radius 2 is 1.86 bits per heavy atom. The summed E-state index contributed by atoms with van der Waals surface area (Å²) in [6.07, 6.45) is 0. The fourth-order valence-corrected chi connectivity index (χ4v) is 3.72. The molecule has 0 radical (unpaired) electrons. The molecule has 1 aliphatic heterocycles. The highest BCUT2D eigenvalue weighted by molar-refractivity contribution is 7.80. The van der Waals surface area contributed by atoms with Crippen molar-refractivity contribution in [1.29, 1.82) is 0 Å². The van der Waals surface area contributed by atoms with Crippen LogP contribution in [0.3, 0.4) is 0 Å². The first-order chi connectivity index (χ1) is 9.91. The van der Waals surface area contributed by atoms with Crippen molar-refractivity contribution in [2.75, 3.05) is 39.0 Å². The van der Waals surface area contributed by atoms with E-state index in [4.69, 9.17) is 0 Å². The fourth-order valence-electron chi connectivity index (χ4n) is 3.06. The molecule has 2 nitrogen and oxygen atoms in total. The zero-order chi connectivity index (χ0) is 15.5. The van der Waals surface area contributed by atoms with E-state index in [9.17, 15) is 0 Å². The van der Waals surface area contributed by atoms with Crippen LogP contribution in [-0.2, 0) is 0 Å². The van der Waals surface area contributed by atoms with E-state index in [0.29, 0.717) is 17.4 Å². The van der Waals surface area contributed by atoms with Crippen LogP contribution in [0.25, 0.3) is 0 Å². The Hall–Kier alpha value is -0.510. The zero-order valence-corrected chi connectivity index (χ0v) is 14.8. The van der Waals surface area contributed by atoms with Crippen LogP contribution in [0.1, 0.15) is 32.4 Å². The van der Waals surface area contributed by atoms with Gasteiger partial charge in [0, 0.05) is 32.2 Å². The lowest BCUT2D eigenvalue weighted by Gasteiger charge is -2.44. The van der Waals surface area contributed by atoms with Crippen LogP contribution < -0.4 is 0 Å². The first kappa shape index (κ1) is 16.9. The molecule has 2 rings (SSSR count). The molecule has 0 aliphatic carbocycles. The summed E-state index contributed by atoms with van der Waals surface area (Å²) in [5.74, 6) is 1.58. The summed E-state index contributed by atoms with van der Waals surface area (Å²) in [5.41, 5.74) is 1.75. The third kappa shape index (κ3) is 4.48. The highest BCUT2D eigenvalue weighted by Gasteiger charge is 2.31. The van der Waals surface area contributed by atoms with Crippen molar-refractivity contribution in [3.8, 4) is 0 Å². The maximum Gasteiger partial charge on any atom is 0.0475 e. The van der Waals surface area contributed by atoms with Crippen LogP contribution in [0.15, 0.2) is 30.3 Å². The van der Waals surface area contributed by atoms with E-state index in [2.05, 4.69) is 80.6 Å². The minimum atomic E-state index is 0.312. The predicted molar refractivity (Wildman–Crippen MR) is 95.1 cm³/mol. The summed E-state index contributed by atoms with van der Waals surface area (Å²) >= 11 is 4.61. The van der Waals surface area contributed by atoms with Crippen LogP contribution in [0, 0.1) is 11.3 Å². The second kappa shape index (κ2) is 7.17. The van der Waals surface area contributed by atoms with Crippen molar-refractivity contribution in [2.24, 2.45) is 11.3 Å². The molecule has 2 unspecified atom stereocenters. The molecule has 2 atom stereocenters. The minimum absolute atomic E-state index is 0.312. The predicted octanol–water partition coefficient (Wildman–Crippen LogP) is 3.57. The number of piperazine rings is 1. The quantitative estimate of drug-likeness (QED) is 0.850. The van der Waals surface area contributed by atoms with E-state index in [1.807, 2.05) is 0 Å². The van der Waals surface area contributed by atoms with E-state index in [0.717, 1.165) is 31.9 Å². The second-order valence-electron chi connectivity index (χ2n) is 7.43. The monoisotopic (exact) mass is 306 g/mol.